The number of hydrogen-bond acceptors (Lipinski definition) is 3. The van der Waals surface area contributed by atoms with E-state index in [1.54, 1.807) is 11.3 Å². The van der Waals surface area contributed by atoms with Crippen molar-refractivity contribution in [3.63, 3.8) is 0 Å². The molecule has 0 radical (unpaired) electrons. The van der Waals surface area contributed by atoms with E-state index in [1.807, 2.05) is 0 Å². The summed E-state index contributed by atoms with van der Waals surface area (Å²) in [4.78, 5) is 8.31. The Labute approximate surface area is 162 Å². The number of benzene rings is 1. The molecule has 2 rings (SSSR count). The normalized spacial score (nSPS) is 12.5. The van der Waals surface area contributed by atoms with Gasteiger partial charge in [0, 0.05) is 29.9 Å². The lowest BCUT2D eigenvalue weighted by molar-refractivity contribution is 0.402. The minimum atomic E-state index is 0.0815. The van der Waals surface area contributed by atoms with Crippen LogP contribution in [0.15, 0.2) is 46.8 Å². The first-order valence-electron chi connectivity index (χ1n) is 9.19. The molecule has 2 aromatic rings. The zero-order valence-electron chi connectivity index (χ0n) is 16.7. The highest BCUT2D eigenvalue weighted by Gasteiger charge is 2.21. The zero-order valence-corrected chi connectivity index (χ0v) is 17.5. The molecule has 4 nitrogen and oxygen atoms in total. The number of hydrogen-bond donors (Lipinski definition) is 2. The summed E-state index contributed by atoms with van der Waals surface area (Å²) in [6, 6.07) is 13.0. The van der Waals surface area contributed by atoms with Crippen molar-refractivity contribution in [2.24, 2.45) is 4.99 Å². The first-order chi connectivity index (χ1) is 12.4. The van der Waals surface area contributed by atoms with Crippen LogP contribution in [-0.2, 0) is 18.5 Å². The van der Waals surface area contributed by atoms with Crippen LogP contribution in [0.25, 0.3) is 0 Å². The van der Waals surface area contributed by atoms with Gasteiger partial charge in [0.05, 0.1) is 6.54 Å². The van der Waals surface area contributed by atoms with E-state index in [2.05, 4.69) is 92.2 Å². The summed E-state index contributed by atoms with van der Waals surface area (Å²) in [5.41, 5.74) is 2.63. The van der Waals surface area contributed by atoms with E-state index in [9.17, 15) is 0 Å². The summed E-state index contributed by atoms with van der Waals surface area (Å²) in [6.45, 7) is 9.96. The van der Waals surface area contributed by atoms with E-state index in [0.717, 1.165) is 25.6 Å². The molecule has 1 aromatic carbocycles. The van der Waals surface area contributed by atoms with Crippen LogP contribution in [0.1, 0.15) is 36.8 Å². The van der Waals surface area contributed by atoms with Crippen LogP contribution in [-0.4, -0.2) is 38.0 Å². The van der Waals surface area contributed by atoms with Crippen LogP contribution in [0.2, 0.25) is 0 Å². The van der Waals surface area contributed by atoms with Crippen LogP contribution in [0, 0.1) is 0 Å². The van der Waals surface area contributed by atoms with Gasteiger partial charge in [-0.05, 0) is 43.6 Å². The molecule has 142 valence electrons. The van der Waals surface area contributed by atoms with Gasteiger partial charge in [0.15, 0.2) is 5.96 Å². The summed E-state index contributed by atoms with van der Waals surface area (Å²) in [5.74, 6) is 0.870. The lowest BCUT2D eigenvalue weighted by atomic mass is 9.91. The third-order valence-corrected chi connectivity index (χ3v) is 5.41. The van der Waals surface area contributed by atoms with E-state index in [0.29, 0.717) is 6.54 Å². The minimum absolute atomic E-state index is 0.0815. The van der Waals surface area contributed by atoms with Crippen molar-refractivity contribution in [2.75, 3.05) is 27.2 Å². The van der Waals surface area contributed by atoms with E-state index < -0.39 is 0 Å². The third kappa shape index (κ3) is 6.46. The maximum Gasteiger partial charge on any atom is 0.191 e. The highest BCUT2D eigenvalue weighted by Crippen LogP contribution is 2.26. The predicted octanol–water partition coefficient (Wildman–Crippen LogP) is 3.84. The second-order valence-corrected chi connectivity index (χ2v) is 8.41. The Hall–Kier alpha value is -1.85. The van der Waals surface area contributed by atoms with Crippen molar-refractivity contribution < 1.29 is 0 Å². The Morgan fingerprint density at radius 1 is 1.08 bits per heavy atom. The van der Waals surface area contributed by atoms with Gasteiger partial charge in [-0.25, -0.2) is 4.99 Å². The quantitative estimate of drug-likeness (QED) is 0.546. The molecule has 0 saturated heterocycles. The molecular weight excluding hydrogens is 340 g/mol. The summed E-state index contributed by atoms with van der Waals surface area (Å²) in [6.07, 6.45) is 0. The second kappa shape index (κ2) is 9.74. The van der Waals surface area contributed by atoms with Crippen molar-refractivity contribution in [2.45, 2.75) is 39.3 Å². The van der Waals surface area contributed by atoms with Crippen molar-refractivity contribution in [3.05, 3.63) is 57.8 Å². The van der Waals surface area contributed by atoms with E-state index in [4.69, 9.17) is 4.99 Å². The molecule has 0 aliphatic carbocycles. The van der Waals surface area contributed by atoms with E-state index in [-0.39, 0.29) is 5.41 Å². The molecule has 1 aromatic heterocycles. The third-order valence-electron chi connectivity index (χ3n) is 4.17. The SMILES string of the molecule is CCNC(=NCc1ccc(CN(C)C)cc1)NCC(C)(C)c1cccs1. The Bertz CT molecular complexity index is 673. The van der Waals surface area contributed by atoms with Crippen molar-refractivity contribution in [3.8, 4) is 0 Å². The van der Waals surface area contributed by atoms with Crippen LogP contribution < -0.4 is 10.6 Å². The first kappa shape index (κ1) is 20.5. The van der Waals surface area contributed by atoms with Gasteiger partial charge in [-0.2, -0.15) is 0 Å². The monoisotopic (exact) mass is 372 g/mol. The summed E-state index contributed by atoms with van der Waals surface area (Å²) < 4.78 is 0. The van der Waals surface area contributed by atoms with Crippen molar-refractivity contribution >= 4 is 17.3 Å². The molecule has 0 bridgehead atoms. The number of nitrogens with zero attached hydrogens (tertiary/aromatic N) is 2. The fourth-order valence-corrected chi connectivity index (χ4v) is 3.53. The first-order valence-corrected chi connectivity index (χ1v) is 10.1. The van der Waals surface area contributed by atoms with Crippen LogP contribution in [0.5, 0.6) is 0 Å². The standard InChI is InChI=1S/C21H32N4S/c1-6-22-20(24-16-21(2,3)19-8-7-13-26-19)23-14-17-9-11-18(12-10-17)15-25(4)5/h7-13H,6,14-16H2,1-5H3,(H2,22,23,24). The van der Waals surface area contributed by atoms with Crippen LogP contribution in [0.4, 0.5) is 0 Å². The van der Waals surface area contributed by atoms with Gasteiger partial charge in [0.2, 0.25) is 0 Å². The topological polar surface area (TPSA) is 39.7 Å². The molecule has 0 fully saturated rings. The van der Waals surface area contributed by atoms with Gasteiger partial charge in [-0.3, -0.25) is 0 Å². The molecule has 0 saturated carbocycles. The van der Waals surface area contributed by atoms with Gasteiger partial charge in [0.25, 0.3) is 0 Å². The Morgan fingerprint density at radius 2 is 1.77 bits per heavy atom. The molecule has 0 aliphatic heterocycles. The molecule has 2 N–H and O–H groups in total. The molecule has 0 atom stereocenters. The van der Waals surface area contributed by atoms with Crippen LogP contribution >= 0.6 is 11.3 Å². The molecular formula is C21H32N4S. The molecule has 1 heterocycles. The second-order valence-electron chi connectivity index (χ2n) is 7.46. The molecule has 5 heteroatoms. The predicted molar refractivity (Wildman–Crippen MR) is 114 cm³/mol. The Morgan fingerprint density at radius 3 is 2.35 bits per heavy atom. The van der Waals surface area contributed by atoms with Gasteiger partial charge < -0.3 is 15.5 Å². The number of rotatable bonds is 8. The molecule has 0 spiro atoms. The molecule has 0 unspecified atom stereocenters. The molecule has 0 aliphatic rings. The maximum atomic E-state index is 4.75. The van der Waals surface area contributed by atoms with Gasteiger partial charge in [-0.1, -0.05) is 44.2 Å². The lowest BCUT2D eigenvalue weighted by Crippen LogP contribution is -2.43. The average molecular weight is 373 g/mol. The number of guanidine groups is 1. The van der Waals surface area contributed by atoms with Crippen LogP contribution in [0.3, 0.4) is 0 Å². The summed E-state index contributed by atoms with van der Waals surface area (Å²) >= 11 is 1.81. The highest BCUT2D eigenvalue weighted by atomic mass is 32.1. The van der Waals surface area contributed by atoms with E-state index >= 15 is 0 Å². The smallest absolute Gasteiger partial charge is 0.191 e. The van der Waals surface area contributed by atoms with Gasteiger partial charge >= 0.3 is 0 Å². The van der Waals surface area contributed by atoms with Gasteiger partial charge in [-0.15, -0.1) is 11.3 Å². The molecule has 26 heavy (non-hydrogen) atoms. The maximum absolute atomic E-state index is 4.75. The Balaban J connectivity index is 1.95. The molecule has 0 amide bonds. The minimum Gasteiger partial charge on any atom is -0.357 e. The Kier molecular flexibility index (Phi) is 7.66. The largest absolute Gasteiger partial charge is 0.357 e. The average Bonchev–Trinajstić information content (AvgIpc) is 3.14. The number of nitrogens with one attached hydrogen (secondary N) is 2. The number of thiophene rings is 1. The highest BCUT2D eigenvalue weighted by molar-refractivity contribution is 7.10. The van der Waals surface area contributed by atoms with Crippen molar-refractivity contribution in [1.82, 2.24) is 15.5 Å². The van der Waals surface area contributed by atoms with Crippen molar-refractivity contribution in [1.29, 1.82) is 0 Å². The summed E-state index contributed by atoms with van der Waals surface area (Å²) in [7, 11) is 4.18. The fourth-order valence-electron chi connectivity index (χ4n) is 2.68. The number of aliphatic imine (C=N–C) groups is 1. The zero-order chi connectivity index (χ0) is 19.0. The fraction of sp³-hybridized carbons (Fsp3) is 0.476. The lowest BCUT2D eigenvalue weighted by Gasteiger charge is -2.25. The van der Waals surface area contributed by atoms with Gasteiger partial charge in [0.1, 0.15) is 0 Å². The summed E-state index contributed by atoms with van der Waals surface area (Å²) in [5, 5.41) is 8.97. The van der Waals surface area contributed by atoms with E-state index in [1.165, 1.54) is 16.0 Å².